The van der Waals surface area contributed by atoms with Gasteiger partial charge in [0, 0.05) is 0 Å². The molecule has 0 bridgehead atoms. The molecule has 0 saturated carbocycles. The summed E-state index contributed by atoms with van der Waals surface area (Å²) in [6.07, 6.45) is 1.15. The first-order valence-electron chi connectivity index (χ1n) is 5.05. The van der Waals surface area contributed by atoms with Gasteiger partial charge in [-0.1, -0.05) is 25.6 Å². The molecule has 0 radical (unpaired) electrons. The predicted octanol–water partition coefficient (Wildman–Crippen LogP) is 1.97. The van der Waals surface area contributed by atoms with Crippen LogP contribution in [0.15, 0.2) is 0 Å². The maximum absolute atomic E-state index is 11.4. The Balaban J connectivity index is 4.18. The van der Waals surface area contributed by atoms with Gasteiger partial charge in [0.15, 0.2) is 0 Å². The van der Waals surface area contributed by atoms with Crippen molar-refractivity contribution < 1.29 is 9.53 Å². The SMILES string of the molecule is CCCC(NC(=O)OC(C)(C)C)C(N)=S. The molecule has 3 N–H and O–H groups in total. The third kappa shape index (κ3) is 7.13. The fourth-order valence-electron chi connectivity index (χ4n) is 1.02. The number of rotatable bonds is 4. The first-order chi connectivity index (χ1) is 6.76. The molecule has 0 aliphatic heterocycles. The van der Waals surface area contributed by atoms with E-state index in [2.05, 4.69) is 5.32 Å². The molecule has 5 heteroatoms. The van der Waals surface area contributed by atoms with E-state index in [1.807, 2.05) is 27.7 Å². The summed E-state index contributed by atoms with van der Waals surface area (Å²) in [4.78, 5) is 11.7. The Kier molecular flexibility index (Phi) is 5.57. The third-order valence-electron chi connectivity index (χ3n) is 1.61. The Morgan fingerprint density at radius 3 is 2.40 bits per heavy atom. The van der Waals surface area contributed by atoms with E-state index in [-0.39, 0.29) is 6.04 Å². The molecule has 0 aliphatic rings. The van der Waals surface area contributed by atoms with Crippen molar-refractivity contribution in [3.63, 3.8) is 0 Å². The second-order valence-corrected chi connectivity index (χ2v) is 4.86. The summed E-state index contributed by atoms with van der Waals surface area (Å²) in [5.41, 5.74) is 4.99. The predicted molar refractivity (Wildman–Crippen MR) is 64.9 cm³/mol. The van der Waals surface area contributed by atoms with E-state index in [1.54, 1.807) is 0 Å². The quantitative estimate of drug-likeness (QED) is 0.727. The summed E-state index contributed by atoms with van der Waals surface area (Å²) in [7, 11) is 0. The highest BCUT2D eigenvalue weighted by atomic mass is 32.1. The first-order valence-corrected chi connectivity index (χ1v) is 5.46. The molecule has 0 saturated heterocycles. The molecule has 88 valence electrons. The summed E-state index contributed by atoms with van der Waals surface area (Å²) in [5, 5.41) is 2.65. The lowest BCUT2D eigenvalue weighted by atomic mass is 10.1. The molecular formula is C10H20N2O2S. The van der Waals surface area contributed by atoms with Crippen molar-refractivity contribution in [3.8, 4) is 0 Å². The summed E-state index contributed by atoms with van der Waals surface area (Å²) in [6.45, 7) is 7.43. The van der Waals surface area contributed by atoms with Gasteiger partial charge in [0.05, 0.1) is 11.0 Å². The molecule has 0 aliphatic carbocycles. The van der Waals surface area contributed by atoms with Crippen LogP contribution in [0.2, 0.25) is 0 Å². The van der Waals surface area contributed by atoms with Crippen LogP contribution in [0.3, 0.4) is 0 Å². The molecule has 0 spiro atoms. The van der Waals surface area contributed by atoms with E-state index in [4.69, 9.17) is 22.7 Å². The molecule has 1 amide bonds. The van der Waals surface area contributed by atoms with Crippen molar-refractivity contribution in [1.29, 1.82) is 0 Å². The van der Waals surface area contributed by atoms with Crippen molar-refractivity contribution in [1.82, 2.24) is 5.32 Å². The average Bonchev–Trinajstić information content (AvgIpc) is 1.99. The number of carbonyl (C=O) groups is 1. The minimum absolute atomic E-state index is 0.278. The smallest absolute Gasteiger partial charge is 0.408 e. The molecular weight excluding hydrogens is 212 g/mol. The van der Waals surface area contributed by atoms with Gasteiger partial charge in [-0.3, -0.25) is 0 Å². The lowest BCUT2D eigenvalue weighted by Crippen LogP contribution is -2.45. The fourth-order valence-corrected chi connectivity index (χ4v) is 1.20. The van der Waals surface area contributed by atoms with Crippen LogP contribution in [0.25, 0.3) is 0 Å². The second-order valence-electron chi connectivity index (χ2n) is 4.39. The van der Waals surface area contributed by atoms with Crippen LogP contribution in [-0.4, -0.2) is 22.7 Å². The molecule has 0 aromatic carbocycles. The van der Waals surface area contributed by atoms with Gasteiger partial charge in [0.1, 0.15) is 5.60 Å². The maximum atomic E-state index is 11.4. The molecule has 15 heavy (non-hydrogen) atoms. The van der Waals surface area contributed by atoms with Crippen molar-refractivity contribution in [2.24, 2.45) is 5.73 Å². The van der Waals surface area contributed by atoms with E-state index >= 15 is 0 Å². The van der Waals surface area contributed by atoms with Crippen LogP contribution in [-0.2, 0) is 4.74 Å². The van der Waals surface area contributed by atoms with Gasteiger partial charge in [-0.05, 0) is 27.2 Å². The molecule has 0 aromatic rings. The number of hydrogen-bond donors (Lipinski definition) is 2. The normalized spacial score (nSPS) is 13.1. The van der Waals surface area contributed by atoms with Crippen LogP contribution in [0, 0.1) is 0 Å². The van der Waals surface area contributed by atoms with E-state index in [1.165, 1.54) is 0 Å². The van der Waals surface area contributed by atoms with Crippen LogP contribution in [0.5, 0.6) is 0 Å². The summed E-state index contributed by atoms with van der Waals surface area (Å²) >= 11 is 4.85. The highest BCUT2D eigenvalue weighted by Gasteiger charge is 2.20. The minimum atomic E-state index is -0.503. The van der Waals surface area contributed by atoms with E-state index in [9.17, 15) is 4.79 Å². The van der Waals surface area contributed by atoms with Gasteiger partial charge in [-0.15, -0.1) is 0 Å². The van der Waals surface area contributed by atoms with E-state index < -0.39 is 11.7 Å². The largest absolute Gasteiger partial charge is 0.444 e. The highest BCUT2D eigenvalue weighted by Crippen LogP contribution is 2.07. The number of ether oxygens (including phenoxy) is 1. The van der Waals surface area contributed by atoms with Gasteiger partial charge < -0.3 is 15.8 Å². The van der Waals surface area contributed by atoms with Crippen molar-refractivity contribution in [2.75, 3.05) is 0 Å². The molecule has 0 aromatic heterocycles. The van der Waals surface area contributed by atoms with E-state index in [0.717, 1.165) is 12.8 Å². The number of amides is 1. The van der Waals surface area contributed by atoms with Crippen molar-refractivity contribution in [2.45, 2.75) is 52.2 Å². The molecule has 0 rings (SSSR count). The highest BCUT2D eigenvalue weighted by molar-refractivity contribution is 7.80. The Morgan fingerprint density at radius 2 is 2.07 bits per heavy atom. The summed E-state index contributed by atoms with van der Waals surface area (Å²) < 4.78 is 5.10. The van der Waals surface area contributed by atoms with Crippen molar-refractivity contribution >= 4 is 23.3 Å². The summed E-state index contributed by atoms with van der Waals surface area (Å²) in [5.74, 6) is 0. The Labute approximate surface area is 96.5 Å². The zero-order chi connectivity index (χ0) is 12.1. The maximum Gasteiger partial charge on any atom is 0.408 e. The van der Waals surface area contributed by atoms with Gasteiger partial charge in [0.25, 0.3) is 0 Å². The first kappa shape index (κ1) is 14.2. The Morgan fingerprint density at radius 1 is 1.53 bits per heavy atom. The number of carbonyl (C=O) groups excluding carboxylic acids is 1. The van der Waals surface area contributed by atoms with Gasteiger partial charge in [-0.2, -0.15) is 0 Å². The number of thiocarbonyl (C=S) groups is 1. The lowest BCUT2D eigenvalue weighted by Gasteiger charge is -2.22. The van der Waals surface area contributed by atoms with Crippen LogP contribution < -0.4 is 11.1 Å². The number of nitrogens with one attached hydrogen (secondary N) is 1. The monoisotopic (exact) mass is 232 g/mol. The number of nitrogens with two attached hydrogens (primary N) is 1. The standard InChI is InChI=1S/C10H20N2O2S/c1-5-6-7(8(11)15)12-9(13)14-10(2,3)4/h7H,5-6H2,1-4H3,(H2,11,15)(H,12,13). The lowest BCUT2D eigenvalue weighted by molar-refractivity contribution is 0.0516. The molecule has 4 nitrogen and oxygen atoms in total. The van der Waals surface area contributed by atoms with Gasteiger partial charge >= 0.3 is 6.09 Å². The van der Waals surface area contributed by atoms with Crippen LogP contribution >= 0.6 is 12.2 Å². The van der Waals surface area contributed by atoms with Crippen LogP contribution in [0.1, 0.15) is 40.5 Å². The third-order valence-corrected chi connectivity index (χ3v) is 1.90. The average molecular weight is 232 g/mol. The second kappa shape index (κ2) is 5.90. The van der Waals surface area contributed by atoms with E-state index in [0.29, 0.717) is 4.99 Å². The Hall–Kier alpha value is -0.840. The molecule has 0 fully saturated rings. The minimum Gasteiger partial charge on any atom is -0.444 e. The number of hydrogen-bond acceptors (Lipinski definition) is 3. The number of alkyl carbamates (subject to hydrolysis) is 1. The molecule has 1 unspecified atom stereocenters. The van der Waals surface area contributed by atoms with Gasteiger partial charge in [-0.25, -0.2) is 4.79 Å². The van der Waals surface area contributed by atoms with Crippen molar-refractivity contribution in [3.05, 3.63) is 0 Å². The molecule has 0 heterocycles. The van der Waals surface area contributed by atoms with Gasteiger partial charge in [0.2, 0.25) is 0 Å². The molecule has 1 atom stereocenters. The van der Waals surface area contributed by atoms with Crippen LogP contribution in [0.4, 0.5) is 4.79 Å². The topological polar surface area (TPSA) is 64.3 Å². The fraction of sp³-hybridized carbons (Fsp3) is 0.800. The zero-order valence-corrected chi connectivity index (χ0v) is 10.6. The Bertz CT molecular complexity index is 236. The zero-order valence-electron chi connectivity index (χ0n) is 9.79. The summed E-state index contributed by atoms with van der Waals surface area (Å²) in [6, 6.07) is -0.278.